The maximum absolute atomic E-state index is 15.0. The zero-order valence-corrected chi connectivity index (χ0v) is 18.5. The van der Waals surface area contributed by atoms with Gasteiger partial charge in [-0.25, -0.2) is 13.6 Å². The van der Waals surface area contributed by atoms with Crippen LogP contribution in [0.25, 0.3) is 0 Å². The molecule has 0 spiro atoms. The van der Waals surface area contributed by atoms with Crippen molar-refractivity contribution in [1.82, 2.24) is 10.6 Å². The van der Waals surface area contributed by atoms with Gasteiger partial charge in [0.15, 0.2) is 0 Å². The summed E-state index contributed by atoms with van der Waals surface area (Å²) in [5.41, 5.74) is 0.500. The van der Waals surface area contributed by atoms with Gasteiger partial charge in [0.2, 0.25) is 11.8 Å². The summed E-state index contributed by atoms with van der Waals surface area (Å²) in [6.45, 7) is -0.717. The number of carbonyl (C=O) groups is 3. The first kappa shape index (κ1) is 25.2. The van der Waals surface area contributed by atoms with Gasteiger partial charge in [0.05, 0.1) is 12.5 Å². The largest absolute Gasteiger partial charge is 0.573 e. The van der Waals surface area contributed by atoms with Crippen LogP contribution in [0.5, 0.6) is 11.5 Å². The molecule has 3 amide bonds. The fourth-order valence-corrected chi connectivity index (χ4v) is 4.14. The van der Waals surface area contributed by atoms with Gasteiger partial charge in [-0.3, -0.25) is 14.9 Å². The Morgan fingerprint density at radius 1 is 1.11 bits per heavy atom. The van der Waals surface area contributed by atoms with Gasteiger partial charge in [-0.15, -0.1) is 13.2 Å². The van der Waals surface area contributed by atoms with Gasteiger partial charge in [-0.2, -0.15) is 0 Å². The summed E-state index contributed by atoms with van der Waals surface area (Å²) in [4.78, 5) is 35.8. The Balaban J connectivity index is 1.42. The minimum absolute atomic E-state index is 0.0718. The number of alkyl halides is 3. The molecule has 2 N–H and O–H groups in total. The average molecular weight is 514 g/mol. The molecule has 2 aliphatic heterocycles. The molecule has 0 aromatic heterocycles. The van der Waals surface area contributed by atoms with Crippen LogP contribution < -0.4 is 20.1 Å². The van der Waals surface area contributed by atoms with Gasteiger partial charge in [0.25, 0.3) is 0 Å². The highest BCUT2D eigenvalue weighted by Gasteiger charge is 2.35. The summed E-state index contributed by atoms with van der Waals surface area (Å²) in [6, 6.07) is 3.41. The van der Waals surface area contributed by atoms with Crippen LogP contribution in [-0.2, 0) is 33.9 Å². The van der Waals surface area contributed by atoms with Crippen molar-refractivity contribution in [3.8, 4) is 11.5 Å². The number of nitrogens with one attached hydrogen (secondary N) is 2. The molecule has 2 aromatic carbocycles. The van der Waals surface area contributed by atoms with E-state index < -0.39 is 60.7 Å². The Morgan fingerprint density at radius 3 is 2.61 bits per heavy atom. The minimum atomic E-state index is -4.97. The van der Waals surface area contributed by atoms with Crippen LogP contribution in [0.15, 0.2) is 24.3 Å². The summed E-state index contributed by atoms with van der Waals surface area (Å²) < 4.78 is 80.4. The van der Waals surface area contributed by atoms with E-state index in [0.717, 1.165) is 24.3 Å². The molecule has 2 heterocycles. The van der Waals surface area contributed by atoms with Crippen LogP contribution in [-0.4, -0.2) is 30.9 Å². The van der Waals surface area contributed by atoms with Gasteiger partial charge in [-0.1, -0.05) is 0 Å². The van der Waals surface area contributed by atoms with Crippen LogP contribution in [0.4, 0.5) is 26.7 Å². The third-order valence-electron chi connectivity index (χ3n) is 5.67. The number of carbonyl (C=O) groups excluding carboxylic acids is 3. The second-order valence-corrected chi connectivity index (χ2v) is 8.07. The van der Waals surface area contributed by atoms with Gasteiger partial charge in [0.1, 0.15) is 29.7 Å². The summed E-state index contributed by atoms with van der Waals surface area (Å²) in [5.74, 6) is -3.86. The van der Waals surface area contributed by atoms with Crippen molar-refractivity contribution in [2.24, 2.45) is 0 Å². The van der Waals surface area contributed by atoms with Crippen LogP contribution in [0, 0.1) is 11.6 Å². The number of piperidine rings is 1. The molecule has 0 bridgehead atoms. The first-order valence-corrected chi connectivity index (χ1v) is 10.8. The predicted octanol–water partition coefficient (Wildman–Crippen LogP) is 3.74. The molecule has 4 rings (SSSR count). The number of fused-ring (bicyclic) bond motifs is 1. The molecule has 192 valence electrons. The van der Waals surface area contributed by atoms with Gasteiger partial charge >= 0.3 is 12.5 Å². The summed E-state index contributed by atoms with van der Waals surface area (Å²) in [5, 5.41) is 4.39. The lowest BCUT2D eigenvalue weighted by Gasteiger charge is -2.24. The smallest absolute Gasteiger partial charge is 0.493 e. The molecule has 0 radical (unpaired) electrons. The van der Waals surface area contributed by atoms with Crippen molar-refractivity contribution < 1.29 is 50.5 Å². The van der Waals surface area contributed by atoms with E-state index in [0.29, 0.717) is 12.0 Å². The minimum Gasteiger partial charge on any atom is -0.493 e. The molecule has 2 aromatic rings. The molecule has 1 saturated heterocycles. The van der Waals surface area contributed by atoms with Crippen LogP contribution >= 0.6 is 0 Å². The molecule has 2 aliphatic rings. The van der Waals surface area contributed by atoms with E-state index in [4.69, 9.17) is 9.47 Å². The molecule has 1 atom stereocenters. The van der Waals surface area contributed by atoms with Crippen molar-refractivity contribution in [2.45, 2.75) is 44.7 Å². The first-order valence-electron chi connectivity index (χ1n) is 10.8. The summed E-state index contributed by atoms with van der Waals surface area (Å²) in [7, 11) is 0. The molecule has 36 heavy (non-hydrogen) atoms. The topological polar surface area (TPSA) is 103 Å². The monoisotopic (exact) mass is 514 g/mol. The second kappa shape index (κ2) is 9.99. The first-order chi connectivity index (χ1) is 17.0. The third kappa shape index (κ3) is 5.66. The highest BCUT2D eigenvalue weighted by atomic mass is 19.4. The number of alkyl carbamates (subject to hydrolysis) is 1. The van der Waals surface area contributed by atoms with E-state index in [-0.39, 0.29) is 41.9 Å². The quantitative estimate of drug-likeness (QED) is 0.450. The Bertz CT molecular complexity index is 1220. The van der Waals surface area contributed by atoms with E-state index in [1.54, 1.807) is 0 Å². The third-order valence-corrected chi connectivity index (χ3v) is 5.67. The van der Waals surface area contributed by atoms with Crippen LogP contribution in [0.2, 0.25) is 0 Å². The van der Waals surface area contributed by atoms with Crippen LogP contribution in [0.1, 0.15) is 41.0 Å². The standard InChI is InChI=1S/C23H19F5N2O6/c24-16-3-1-13(36-23(26,27)28)7-11(16)9-29-22(33)35-10-12-8-17(25)19(14-5-6-34-20(12)14)15-2-4-18(31)30-21(15)32/h1,3,7-8,15H,2,4-6,9-10H2,(H,29,33)(H,30,31,32). The van der Waals surface area contributed by atoms with E-state index in [2.05, 4.69) is 15.4 Å². The number of amides is 3. The number of hydrogen-bond acceptors (Lipinski definition) is 6. The highest BCUT2D eigenvalue weighted by molar-refractivity contribution is 6.01. The fraction of sp³-hybridized carbons (Fsp3) is 0.348. The molecular formula is C23H19F5N2O6. The van der Waals surface area contributed by atoms with Crippen molar-refractivity contribution in [2.75, 3.05) is 6.61 Å². The lowest BCUT2D eigenvalue weighted by Crippen LogP contribution is -2.40. The van der Waals surface area contributed by atoms with Crippen molar-refractivity contribution in [3.63, 3.8) is 0 Å². The van der Waals surface area contributed by atoms with Crippen molar-refractivity contribution in [1.29, 1.82) is 0 Å². The Labute approximate surface area is 200 Å². The maximum Gasteiger partial charge on any atom is 0.573 e. The van der Waals surface area contributed by atoms with E-state index >= 15 is 4.39 Å². The van der Waals surface area contributed by atoms with Crippen molar-refractivity contribution >= 4 is 17.9 Å². The molecule has 13 heteroatoms. The molecule has 0 aliphatic carbocycles. The highest BCUT2D eigenvalue weighted by Crippen LogP contribution is 2.40. The van der Waals surface area contributed by atoms with Gasteiger partial charge < -0.3 is 19.5 Å². The number of halogens is 5. The Hall–Kier alpha value is -3.90. The number of imide groups is 1. The second-order valence-electron chi connectivity index (χ2n) is 8.07. The lowest BCUT2D eigenvalue weighted by molar-refractivity contribution is -0.274. The number of benzene rings is 2. The predicted molar refractivity (Wildman–Crippen MR) is 111 cm³/mol. The average Bonchev–Trinajstić information content (AvgIpc) is 3.27. The molecule has 0 saturated carbocycles. The molecule has 1 fully saturated rings. The van der Waals surface area contributed by atoms with Crippen molar-refractivity contribution in [3.05, 3.63) is 58.2 Å². The Morgan fingerprint density at radius 2 is 1.89 bits per heavy atom. The number of rotatable bonds is 6. The van der Waals surface area contributed by atoms with Gasteiger partial charge in [-0.05, 0) is 30.7 Å². The molecular weight excluding hydrogens is 495 g/mol. The molecule has 1 unspecified atom stereocenters. The fourth-order valence-electron chi connectivity index (χ4n) is 4.14. The molecule has 8 nitrogen and oxygen atoms in total. The Kier molecular flexibility index (Phi) is 7.00. The maximum atomic E-state index is 15.0. The number of hydrogen-bond donors (Lipinski definition) is 2. The zero-order chi connectivity index (χ0) is 26.0. The van der Waals surface area contributed by atoms with Gasteiger partial charge in [0, 0.05) is 41.6 Å². The lowest BCUT2D eigenvalue weighted by atomic mass is 9.85. The number of ether oxygens (including phenoxy) is 3. The summed E-state index contributed by atoms with van der Waals surface area (Å²) in [6.07, 6.45) is -5.47. The van der Waals surface area contributed by atoms with Crippen LogP contribution in [0.3, 0.4) is 0 Å². The van der Waals surface area contributed by atoms with E-state index in [1.807, 2.05) is 0 Å². The van der Waals surface area contributed by atoms with E-state index in [1.165, 1.54) is 0 Å². The normalized spacial score (nSPS) is 17.2. The summed E-state index contributed by atoms with van der Waals surface area (Å²) >= 11 is 0. The zero-order valence-electron chi connectivity index (χ0n) is 18.5. The van der Waals surface area contributed by atoms with E-state index in [9.17, 15) is 31.9 Å². The SMILES string of the molecule is O=C1CCC(c2c(F)cc(COC(=O)NCc3cc(OC(F)(F)F)ccc3F)c3c2CCO3)C(=O)N1.